The maximum Gasteiger partial charge on any atom is 0.0664 e. The fraction of sp³-hybridized carbons (Fsp3) is 0.333. The molecule has 2 aromatic rings. The second-order valence-corrected chi connectivity index (χ2v) is 5.45. The van der Waals surface area contributed by atoms with Crippen molar-refractivity contribution < 1.29 is 5.11 Å². The molecular formula is C18H23NO. The van der Waals surface area contributed by atoms with Crippen molar-refractivity contribution in [3.63, 3.8) is 0 Å². The Morgan fingerprint density at radius 3 is 2.20 bits per heavy atom. The third-order valence-electron chi connectivity index (χ3n) is 3.83. The van der Waals surface area contributed by atoms with Crippen LogP contribution in [0.25, 0.3) is 0 Å². The quantitative estimate of drug-likeness (QED) is 0.836. The van der Waals surface area contributed by atoms with Crippen molar-refractivity contribution in [3.8, 4) is 0 Å². The minimum atomic E-state index is -0.309. The van der Waals surface area contributed by atoms with E-state index >= 15 is 0 Å². The van der Waals surface area contributed by atoms with E-state index in [1.54, 1.807) is 0 Å². The number of hydrogen-bond acceptors (Lipinski definition) is 2. The van der Waals surface area contributed by atoms with Gasteiger partial charge in [0.05, 0.1) is 12.1 Å². The molecule has 1 atom stereocenters. The van der Waals surface area contributed by atoms with Gasteiger partial charge in [-0.3, -0.25) is 0 Å². The number of nitrogens with one attached hydrogen (secondary N) is 1. The van der Waals surface area contributed by atoms with Crippen LogP contribution in [0.15, 0.2) is 54.6 Å². The molecule has 0 amide bonds. The van der Waals surface area contributed by atoms with Gasteiger partial charge in [0.25, 0.3) is 0 Å². The van der Waals surface area contributed by atoms with Crippen LogP contribution in [0, 0.1) is 6.92 Å². The van der Waals surface area contributed by atoms with Crippen LogP contribution in [0.4, 0.5) is 5.69 Å². The summed E-state index contributed by atoms with van der Waals surface area (Å²) in [4.78, 5) is 0. The van der Waals surface area contributed by atoms with Crippen molar-refractivity contribution in [2.75, 3.05) is 11.9 Å². The van der Waals surface area contributed by atoms with Crippen LogP contribution in [-0.2, 0) is 6.42 Å². The standard InChI is InChI=1S/C18H23NO/c1-3-18(14-20,13-16-7-5-4-6-8-16)19-17-11-9-15(2)10-12-17/h4-12,19-20H,3,13-14H2,1-2H3. The van der Waals surface area contributed by atoms with E-state index in [9.17, 15) is 5.11 Å². The molecular weight excluding hydrogens is 246 g/mol. The summed E-state index contributed by atoms with van der Waals surface area (Å²) in [5.74, 6) is 0. The minimum Gasteiger partial charge on any atom is -0.394 e. The summed E-state index contributed by atoms with van der Waals surface area (Å²) < 4.78 is 0. The van der Waals surface area contributed by atoms with Gasteiger partial charge in [0.2, 0.25) is 0 Å². The molecule has 106 valence electrons. The molecule has 0 saturated heterocycles. The van der Waals surface area contributed by atoms with Gasteiger partial charge in [0.1, 0.15) is 0 Å². The van der Waals surface area contributed by atoms with E-state index in [0.29, 0.717) is 0 Å². The first kappa shape index (κ1) is 14.6. The highest BCUT2D eigenvalue weighted by Crippen LogP contribution is 2.23. The number of aliphatic hydroxyl groups excluding tert-OH is 1. The Balaban J connectivity index is 2.18. The molecule has 0 aliphatic carbocycles. The van der Waals surface area contributed by atoms with Crippen molar-refractivity contribution in [1.82, 2.24) is 0 Å². The molecule has 0 aliphatic rings. The normalized spacial score (nSPS) is 13.8. The van der Waals surface area contributed by atoms with E-state index in [1.807, 2.05) is 18.2 Å². The van der Waals surface area contributed by atoms with Crippen LogP contribution in [-0.4, -0.2) is 17.3 Å². The lowest BCUT2D eigenvalue weighted by molar-refractivity contribution is 0.205. The summed E-state index contributed by atoms with van der Waals surface area (Å²) in [7, 11) is 0. The Kier molecular flexibility index (Phi) is 4.80. The average Bonchev–Trinajstić information content (AvgIpc) is 2.50. The monoisotopic (exact) mass is 269 g/mol. The van der Waals surface area contributed by atoms with Gasteiger partial charge in [-0.25, -0.2) is 0 Å². The van der Waals surface area contributed by atoms with Crippen LogP contribution in [0.3, 0.4) is 0 Å². The van der Waals surface area contributed by atoms with Crippen molar-refractivity contribution in [2.24, 2.45) is 0 Å². The van der Waals surface area contributed by atoms with Crippen LogP contribution in [0.5, 0.6) is 0 Å². The van der Waals surface area contributed by atoms with Gasteiger partial charge in [0, 0.05) is 5.69 Å². The zero-order valence-electron chi connectivity index (χ0n) is 12.3. The van der Waals surface area contributed by atoms with Crippen LogP contribution < -0.4 is 5.32 Å². The summed E-state index contributed by atoms with van der Waals surface area (Å²) >= 11 is 0. The molecule has 0 radical (unpaired) electrons. The van der Waals surface area contributed by atoms with Crippen molar-refractivity contribution in [2.45, 2.75) is 32.2 Å². The highest BCUT2D eigenvalue weighted by molar-refractivity contribution is 5.47. The molecule has 0 aliphatic heterocycles. The van der Waals surface area contributed by atoms with Crippen molar-refractivity contribution >= 4 is 5.69 Å². The van der Waals surface area contributed by atoms with E-state index in [-0.39, 0.29) is 12.1 Å². The first-order valence-corrected chi connectivity index (χ1v) is 7.17. The smallest absolute Gasteiger partial charge is 0.0664 e. The highest BCUT2D eigenvalue weighted by Gasteiger charge is 2.27. The Labute approximate surface area is 121 Å². The summed E-state index contributed by atoms with van der Waals surface area (Å²) in [6, 6.07) is 18.6. The van der Waals surface area contributed by atoms with E-state index in [2.05, 4.69) is 55.6 Å². The molecule has 0 spiro atoms. The minimum absolute atomic E-state index is 0.117. The van der Waals surface area contributed by atoms with Gasteiger partial charge in [-0.05, 0) is 37.5 Å². The van der Waals surface area contributed by atoms with E-state index in [0.717, 1.165) is 18.5 Å². The molecule has 0 heterocycles. The molecule has 2 N–H and O–H groups in total. The molecule has 0 bridgehead atoms. The first-order valence-electron chi connectivity index (χ1n) is 7.17. The van der Waals surface area contributed by atoms with Gasteiger partial charge >= 0.3 is 0 Å². The lowest BCUT2D eigenvalue weighted by Crippen LogP contribution is -2.43. The summed E-state index contributed by atoms with van der Waals surface area (Å²) in [5, 5.41) is 13.4. The number of hydrogen-bond donors (Lipinski definition) is 2. The summed E-state index contributed by atoms with van der Waals surface area (Å²) in [6.07, 6.45) is 1.68. The second-order valence-electron chi connectivity index (χ2n) is 5.45. The number of rotatable bonds is 6. The molecule has 2 nitrogen and oxygen atoms in total. The number of aryl methyl sites for hydroxylation is 1. The number of anilines is 1. The van der Waals surface area contributed by atoms with Gasteiger partial charge in [0.15, 0.2) is 0 Å². The molecule has 2 rings (SSSR count). The Bertz CT molecular complexity index is 515. The van der Waals surface area contributed by atoms with Crippen LogP contribution in [0.2, 0.25) is 0 Å². The van der Waals surface area contributed by atoms with E-state index in [1.165, 1.54) is 11.1 Å². The third kappa shape index (κ3) is 3.61. The molecule has 2 heteroatoms. The maximum absolute atomic E-state index is 9.89. The fourth-order valence-electron chi connectivity index (χ4n) is 2.39. The number of aliphatic hydroxyl groups is 1. The van der Waals surface area contributed by atoms with Crippen LogP contribution in [0.1, 0.15) is 24.5 Å². The fourth-order valence-corrected chi connectivity index (χ4v) is 2.39. The topological polar surface area (TPSA) is 32.3 Å². The van der Waals surface area contributed by atoms with Crippen molar-refractivity contribution in [1.29, 1.82) is 0 Å². The molecule has 0 saturated carbocycles. The Morgan fingerprint density at radius 2 is 1.65 bits per heavy atom. The SMILES string of the molecule is CCC(CO)(Cc1ccccc1)Nc1ccc(C)cc1. The van der Waals surface area contributed by atoms with Crippen LogP contribution >= 0.6 is 0 Å². The van der Waals surface area contributed by atoms with E-state index < -0.39 is 0 Å². The molecule has 20 heavy (non-hydrogen) atoms. The van der Waals surface area contributed by atoms with Gasteiger partial charge < -0.3 is 10.4 Å². The lowest BCUT2D eigenvalue weighted by atomic mass is 9.88. The zero-order valence-corrected chi connectivity index (χ0v) is 12.3. The van der Waals surface area contributed by atoms with Gasteiger partial charge in [-0.2, -0.15) is 0 Å². The van der Waals surface area contributed by atoms with Gasteiger partial charge in [-0.1, -0.05) is 55.0 Å². The lowest BCUT2D eigenvalue weighted by Gasteiger charge is -2.33. The second kappa shape index (κ2) is 6.58. The van der Waals surface area contributed by atoms with Gasteiger partial charge in [-0.15, -0.1) is 0 Å². The zero-order chi connectivity index (χ0) is 14.4. The van der Waals surface area contributed by atoms with E-state index in [4.69, 9.17) is 0 Å². The van der Waals surface area contributed by atoms with Crippen molar-refractivity contribution in [3.05, 3.63) is 65.7 Å². The Hall–Kier alpha value is -1.80. The summed E-state index contributed by atoms with van der Waals surface area (Å²) in [5.41, 5.74) is 3.23. The largest absolute Gasteiger partial charge is 0.394 e. The predicted molar refractivity (Wildman–Crippen MR) is 85.1 cm³/mol. The molecule has 0 fully saturated rings. The summed E-state index contributed by atoms with van der Waals surface area (Å²) in [6.45, 7) is 4.31. The molecule has 0 aromatic heterocycles. The first-order chi connectivity index (χ1) is 9.67. The third-order valence-corrected chi connectivity index (χ3v) is 3.83. The molecule has 2 aromatic carbocycles. The average molecular weight is 269 g/mol. The maximum atomic E-state index is 9.89. The highest BCUT2D eigenvalue weighted by atomic mass is 16.3. The Morgan fingerprint density at radius 1 is 1.00 bits per heavy atom. The molecule has 1 unspecified atom stereocenters. The number of benzene rings is 2. The predicted octanol–water partition coefficient (Wildman–Crippen LogP) is 3.79.